The second-order valence-electron chi connectivity index (χ2n) is 11.4. The first-order valence-corrected chi connectivity index (χ1v) is 12.5. The van der Waals surface area contributed by atoms with E-state index in [1.54, 1.807) is 0 Å². The van der Waals surface area contributed by atoms with Gasteiger partial charge in [0, 0.05) is 23.5 Å². The van der Waals surface area contributed by atoms with Crippen LogP contribution in [0.3, 0.4) is 0 Å². The Morgan fingerprint density at radius 1 is 1.12 bits per heavy atom. The Balaban J connectivity index is 1.52. The van der Waals surface area contributed by atoms with Gasteiger partial charge < -0.3 is 25.2 Å². The van der Waals surface area contributed by atoms with E-state index in [2.05, 4.69) is 24.6 Å². The van der Waals surface area contributed by atoms with E-state index in [1.807, 2.05) is 6.21 Å². The summed E-state index contributed by atoms with van der Waals surface area (Å²) < 4.78 is 5.64. The maximum Gasteiger partial charge on any atom is 0.112 e. The summed E-state index contributed by atoms with van der Waals surface area (Å²) in [6.07, 6.45) is 10.1. The van der Waals surface area contributed by atoms with Gasteiger partial charge in [0.2, 0.25) is 0 Å². The standard InChI is InChI=1S/C26H39NO5/c1-17-13-18(15-32-17)20-6-10-26(31)22-5-9-25(30)14-19(29)3-8-24(25,16-27-11-12-28)21(22)4-7-23(20,26)2/h13,16,19-22,28-31H,1,3-12,14-15H2,2H3/b27-16+/t19-,20?,21+,22-,23?,24?,25?,26?/m1/s1. The monoisotopic (exact) mass is 445 g/mol. The number of hydrogen-bond acceptors (Lipinski definition) is 6. The van der Waals surface area contributed by atoms with E-state index in [0.29, 0.717) is 44.8 Å². The van der Waals surface area contributed by atoms with Crippen LogP contribution < -0.4 is 0 Å². The van der Waals surface area contributed by atoms with Crippen LogP contribution in [0.4, 0.5) is 0 Å². The molecule has 0 aromatic heterocycles. The molecule has 178 valence electrons. The quantitative estimate of drug-likeness (QED) is 0.499. The Morgan fingerprint density at radius 3 is 2.62 bits per heavy atom. The van der Waals surface area contributed by atoms with Crippen LogP contribution in [-0.2, 0) is 4.74 Å². The summed E-state index contributed by atoms with van der Waals surface area (Å²) in [7, 11) is 0. The molecule has 0 amide bonds. The van der Waals surface area contributed by atoms with Gasteiger partial charge in [-0.3, -0.25) is 4.99 Å². The highest BCUT2D eigenvalue weighted by atomic mass is 16.5. The first-order chi connectivity index (χ1) is 15.2. The van der Waals surface area contributed by atoms with Crippen molar-refractivity contribution in [3.05, 3.63) is 24.0 Å². The number of rotatable bonds is 4. The summed E-state index contributed by atoms with van der Waals surface area (Å²) in [5.41, 5.74) is -1.31. The van der Waals surface area contributed by atoms with Crippen molar-refractivity contribution in [1.82, 2.24) is 0 Å². The minimum absolute atomic E-state index is 0.0199. The van der Waals surface area contributed by atoms with E-state index >= 15 is 0 Å². The highest BCUT2D eigenvalue weighted by molar-refractivity contribution is 5.69. The van der Waals surface area contributed by atoms with Crippen LogP contribution in [0, 0.1) is 28.6 Å². The fraction of sp³-hybridized carbons (Fsp3) is 0.808. The lowest BCUT2D eigenvalue weighted by Crippen LogP contribution is -2.68. The van der Waals surface area contributed by atoms with E-state index in [4.69, 9.17) is 4.74 Å². The maximum atomic E-state index is 12.4. The van der Waals surface area contributed by atoms with E-state index in [9.17, 15) is 20.4 Å². The van der Waals surface area contributed by atoms with Gasteiger partial charge >= 0.3 is 0 Å². The van der Waals surface area contributed by atoms with Gasteiger partial charge in [0.25, 0.3) is 0 Å². The molecule has 0 aromatic rings. The Bertz CT molecular complexity index is 840. The van der Waals surface area contributed by atoms with Crippen LogP contribution in [0.25, 0.3) is 0 Å². The van der Waals surface area contributed by atoms with Crippen LogP contribution in [0.1, 0.15) is 64.7 Å². The molecule has 8 atom stereocenters. The molecular formula is C26H39NO5. The lowest BCUT2D eigenvalue weighted by molar-refractivity contribution is -0.237. The molecule has 0 radical (unpaired) electrons. The van der Waals surface area contributed by atoms with Crippen molar-refractivity contribution < 1.29 is 25.2 Å². The molecule has 1 aliphatic heterocycles. The molecule has 5 aliphatic rings. The molecule has 6 heteroatoms. The zero-order valence-corrected chi connectivity index (χ0v) is 19.3. The fourth-order valence-electron chi connectivity index (χ4n) is 8.72. The summed E-state index contributed by atoms with van der Waals surface area (Å²) in [6, 6.07) is 0. The fourth-order valence-corrected chi connectivity index (χ4v) is 8.72. The summed E-state index contributed by atoms with van der Waals surface area (Å²) in [6.45, 7) is 7.09. The molecule has 4 aliphatic carbocycles. The Labute approximate surface area is 191 Å². The molecule has 5 rings (SSSR count). The molecule has 32 heavy (non-hydrogen) atoms. The molecule has 0 spiro atoms. The molecule has 4 N–H and O–H groups in total. The summed E-state index contributed by atoms with van der Waals surface area (Å²) >= 11 is 0. The average molecular weight is 446 g/mol. The zero-order valence-electron chi connectivity index (χ0n) is 19.3. The van der Waals surface area contributed by atoms with Crippen LogP contribution in [0.2, 0.25) is 0 Å². The van der Waals surface area contributed by atoms with Crippen LogP contribution in [0.15, 0.2) is 29.0 Å². The van der Waals surface area contributed by atoms with Crippen molar-refractivity contribution in [2.75, 3.05) is 19.8 Å². The Hall–Kier alpha value is -1.21. The van der Waals surface area contributed by atoms with Gasteiger partial charge in [-0.1, -0.05) is 13.5 Å². The second kappa shape index (κ2) is 7.66. The second-order valence-corrected chi connectivity index (χ2v) is 11.4. The highest BCUT2D eigenvalue weighted by Gasteiger charge is 2.71. The third-order valence-corrected chi connectivity index (χ3v) is 10.3. The SMILES string of the molecule is C=C1C=C(C2CCC3(O)[C@@H]4CCC5(O)C[C@H](O)CCC5(/C=N/CCO)[C@H]4CCC23C)CO1. The van der Waals surface area contributed by atoms with E-state index in [-0.39, 0.29) is 23.9 Å². The number of aliphatic hydroxyl groups excluding tert-OH is 2. The molecule has 0 saturated heterocycles. The normalized spacial score (nSPS) is 50.5. The minimum atomic E-state index is -1.01. The Kier molecular flexibility index (Phi) is 5.40. The van der Waals surface area contributed by atoms with Gasteiger partial charge in [0.1, 0.15) is 12.4 Å². The van der Waals surface area contributed by atoms with Gasteiger partial charge in [-0.05, 0) is 80.8 Å². The van der Waals surface area contributed by atoms with Gasteiger partial charge in [0.05, 0.1) is 30.5 Å². The molecule has 5 unspecified atom stereocenters. The Morgan fingerprint density at radius 2 is 1.91 bits per heavy atom. The topological polar surface area (TPSA) is 103 Å². The predicted molar refractivity (Wildman–Crippen MR) is 122 cm³/mol. The average Bonchev–Trinajstić information content (AvgIpc) is 3.28. The number of aliphatic hydroxyl groups is 4. The number of ether oxygens (including phenoxy) is 1. The van der Waals surface area contributed by atoms with Gasteiger partial charge in [-0.15, -0.1) is 0 Å². The first kappa shape index (κ1) is 22.6. The summed E-state index contributed by atoms with van der Waals surface area (Å²) in [5, 5.41) is 43.9. The minimum Gasteiger partial charge on any atom is -0.490 e. The van der Waals surface area contributed by atoms with E-state index < -0.39 is 22.7 Å². The number of hydrogen-bond donors (Lipinski definition) is 4. The van der Waals surface area contributed by atoms with Crippen molar-refractivity contribution >= 4 is 6.21 Å². The largest absolute Gasteiger partial charge is 0.490 e. The third-order valence-electron chi connectivity index (χ3n) is 10.3. The predicted octanol–water partition coefficient (Wildman–Crippen LogP) is 2.75. The van der Waals surface area contributed by atoms with Gasteiger partial charge in [-0.2, -0.15) is 0 Å². The lowest BCUT2D eigenvalue weighted by Gasteiger charge is -2.65. The molecule has 4 fully saturated rings. The lowest BCUT2D eigenvalue weighted by atomic mass is 9.41. The smallest absolute Gasteiger partial charge is 0.112 e. The summed E-state index contributed by atoms with van der Waals surface area (Å²) in [5.74, 6) is 1.22. The number of nitrogens with zero attached hydrogens (tertiary/aromatic N) is 1. The maximum absolute atomic E-state index is 12.4. The van der Waals surface area contributed by atoms with Crippen molar-refractivity contribution in [3.63, 3.8) is 0 Å². The van der Waals surface area contributed by atoms with Crippen LogP contribution in [0.5, 0.6) is 0 Å². The molecule has 0 aromatic carbocycles. The molecule has 1 heterocycles. The molecule has 4 saturated carbocycles. The van der Waals surface area contributed by atoms with Gasteiger partial charge in [-0.25, -0.2) is 0 Å². The van der Waals surface area contributed by atoms with Crippen molar-refractivity contribution in [2.24, 2.45) is 33.6 Å². The van der Waals surface area contributed by atoms with E-state index in [0.717, 1.165) is 37.9 Å². The zero-order chi connectivity index (χ0) is 22.8. The number of allylic oxidation sites excluding steroid dienone is 1. The molecule has 6 nitrogen and oxygen atoms in total. The highest BCUT2D eigenvalue weighted by Crippen LogP contribution is 2.70. The van der Waals surface area contributed by atoms with Crippen LogP contribution in [-0.4, -0.2) is 63.7 Å². The van der Waals surface area contributed by atoms with E-state index in [1.165, 1.54) is 5.57 Å². The van der Waals surface area contributed by atoms with Crippen LogP contribution >= 0.6 is 0 Å². The van der Waals surface area contributed by atoms with Gasteiger partial charge in [0.15, 0.2) is 0 Å². The van der Waals surface area contributed by atoms with Crippen molar-refractivity contribution in [2.45, 2.75) is 82.0 Å². The van der Waals surface area contributed by atoms with Crippen molar-refractivity contribution in [1.29, 1.82) is 0 Å². The van der Waals surface area contributed by atoms with Crippen molar-refractivity contribution in [3.8, 4) is 0 Å². The number of fused-ring (bicyclic) bond motifs is 5. The number of aliphatic imine (C=N–C) groups is 1. The first-order valence-electron chi connectivity index (χ1n) is 12.5. The molecular weight excluding hydrogens is 406 g/mol. The third kappa shape index (κ3) is 2.95. The molecule has 0 bridgehead atoms. The summed E-state index contributed by atoms with van der Waals surface area (Å²) in [4.78, 5) is 4.53.